The molecule has 0 saturated carbocycles. The summed E-state index contributed by atoms with van der Waals surface area (Å²) in [5.41, 5.74) is 8.64. The summed E-state index contributed by atoms with van der Waals surface area (Å²) in [5.74, 6) is -0.0664. The van der Waals surface area contributed by atoms with Crippen LogP contribution in [0.5, 0.6) is 17.2 Å². The van der Waals surface area contributed by atoms with Gasteiger partial charge >= 0.3 is 13.8 Å². The highest BCUT2D eigenvalue weighted by Gasteiger charge is 2.36. The standard InChI is InChI=1S/C23H26F3N4O7PS2/c24-23(25,26)17-4-1-5-18(16(17)13-29)37-38(31,32)14-30-40(33,34)22-11-15-10-19(35-8-2-6-27)20(12-21(15)39-22)36-9-3-7-28/h1,4-5,10-12,30H,2-3,6-9,14,27-28H2,(H,31,32). The Labute approximate surface area is 232 Å². The number of alkyl halides is 3. The fraction of sp³-hybridized carbons (Fsp3) is 0.348. The van der Waals surface area contributed by atoms with Crippen molar-refractivity contribution in [1.29, 1.82) is 5.26 Å². The van der Waals surface area contributed by atoms with Gasteiger partial charge in [0.25, 0.3) is 10.0 Å². The van der Waals surface area contributed by atoms with Crippen LogP contribution in [-0.4, -0.2) is 45.9 Å². The Morgan fingerprint density at radius 3 is 2.25 bits per heavy atom. The van der Waals surface area contributed by atoms with Gasteiger partial charge in [0, 0.05) is 10.8 Å². The third-order valence-electron chi connectivity index (χ3n) is 5.18. The molecule has 0 aliphatic carbocycles. The molecule has 1 heterocycles. The molecule has 1 aromatic heterocycles. The highest BCUT2D eigenvalue weighted by atomic mass is 32.2. The molecule has 1 atom stereocenters. The summed E-state index contributed by atoms with van der Waals surface area (Å²) < 4.78 is 96.4. The second-order valence-electron chi connectivity index (χ2n) is 8.21. The van der Waals surface area contributed by atoms with Gasteiger partial charge in [-0.15, -0.1) is 11.3 Å². The van der Waals surface area contributed by atoms with Crippen molar-refractivity contribution in [2.24, 2.45) is 11.5 Å². The first kappa shape index (κ1) is 31.6. The van der Waals surface area contributed by atoms with E-state index < -0.39 is 47.0 Å². The zero-order chi connectivity index (χ0) is 29.6. The quantitative estimate of drug-likeness (QED) is 0.152. The van der Waals surface area contributed by atoms with E-state index in [0.717, 1.165) is 23.5 Å². The van der Waals surface area contributed by atoms with Gasteiger partial charge in [0.1, 0.15) is 27.9 Å². The number of thiophene rings is 1. The van der Waals surface area contributed by atoms with Crippen molar-refractivity contribution in [3.8, 4) is 23.3 Å². The van der Waals surface area contributed by atoms with E-state index in [9.17, 15) is 31.0 Å². The molecule has 0 spiro atoms. The molecule has 1 unspecified atom stereocenters. The normalized spacial score (nSPS) is 13.5. The monoisotopic (exact) mass is 622 g/mol. The van der Waals surface area contributed by atoms with E-state index >= 15 is 0 Å². The van der Waals surface area contributed by atoms with Crippen LogP contribution >= 0.6 is 18.9 Å². The van der Waals surface area contributed by atoms with E-state index in [1.54, 1.807) is 12.1 Å². The molecule has 3 aromatic rings. The molecule has 0 saturated heterocycles. The van der Waals surface area contributed by atoms with Crippen LogP contribution in [0.25, 0.3) is 10.1 Å². The lowest BCUT2D eigenvalue weighted by molar-refractivity contribution is -0.137. The van der Waals surface area contributed by atoms with Crippen molar-refractivity contribution >= 4 is 39.0 Å². The van der Waals surface area contributed by atoms with Crippen LogP contribution in [0.2, 0.25) is 0 Å². The van der Waals surface area contributed by atoms with Crippen LogP contribution < -0.4 is 30.2 Å². The number of fused-ring (bicyclic) bond motifs is 1. The molecule has 17 heteroatoms. The molecule has 11 nitrogen and oxygen atoms in total. The number of nitriles is 1. The maximum atomic E-state index is 13.2. The smallest absolute Gasteiger partial charge is 0.417 e. The molecular weight excluding hydrogens is 596 g/mol. The summed E-state index contributed by atoms with van der Waals surface area (Å²) >= 11 is 0.849. The fourth-order valence-electron chi connectivity index (χ4n) is 3.29. The average Bonchev–Trinajstić information content (AvgIpc) is 3.31. The van der Waals surface area contributed by atoms with Crippen molar-refractivity contribution in [1.82, 2.24) is 4.72 Å². The molecule has 0 aliphatic rings. The summed E-state index contributed by atoms with van der Waals surface area (Å²) in [6.45, 7) is 1.42. The lowest BCUT2D eigenvalue weighted by atomic mass is 10.1. The summed E-state index contributed by atoms with van der Waals surface area (Å²) in [5, 5.41) is 9.65. The largest absolute Gasteiger partial charge is 0.490 e. The van der Waals surface area contributed by atoms with E-state index in [1.807, 2.05) is 4.72 Å². The van der Waals surface area contributed by atoms with Crippen LogP contribution in [0.3, 0.4) is 0 Å². The van der Waals surface area contributed by atoms with E-state index in [0.29, 0.717) is 66.8 Å². The number of nitrogens with two attached hydrogens (primary N) is 2. The molecule has 0 fully saturated rings. The minimum absolute atomic E-state index is 0.216. The lowest BCUT2D eigenvalue weighted by Crippen LogP contribution is -2.25. The van der Waals surface area contributed by atoms with Gasteiger partial charge in [0.2, 0.25) is 0 Å². The zero-order valence-electron chi connectivity index (χ0n) is 20.8. The van der Waals surface area contributed by atoms with E-state index in [1.165, 1.54) is 12.1 Å². The van der Waals surface area contributed by atoms with E-state index in [-0.39, 0.29) is 4.21 Å². The first-order valence-electron chi connectivity index (χ1n) is 11.7. The highest BCUT2D eigenvalue weighted by Crippen LogP contribution is 2.45. The van der Waals surface area contributed by atoms with Gasteiger partial charge in [-0.25, -0.2) is 13.0 Å². The van der Waals surface area contributed by atoms with Gasteiger partial charge in [-0.05, 0) is 55.6 Å². The Balaban J connectivity index is 1.82. The summed E-state index contributed by atoms with van der Waals surface area (Å²) in [6, 6.07) is 8.22. The minimum atomic E-state index is -4.92. The van der Waals surface area contributed by atoms with Crippen LogP contribution in [0.1, 0.15) is 24.0 Å². The molecular formula is C23H26F3N4O7PS2. The van der Waals surface area contributed by atoms with Crippen molar-refractivity contribution in [3.63, 3.8) is 0 Å². The lowest BCUT2D eigenvalue weighted by Gasteiger charge is -2.17. The highest BCUT2D eigenvalue weighted by molar-refractivity contribution is 7.92. The number of nitrogens with zero attached hydrogens (tertiary/aromatic N) is 1. The van der Waals surface area contributed by atoms with Gasteiger partial charge in [-0.2, -0.15) is 23.2 Å². The molecule has 40 heavy (non-hydrogen) atoms. The van der Waals surface area contributed by atoms with Crippen LogP contribution in [0.4, 0.5) is 13.2 Å². The topological polar surface area (TPSA) is 187 Å². The van der Waals surface area contributed by atoms with E-state index in [2.05, 4.69) is 0 Å². The summed E-state index contributed by atoms with van der Waals surface area (Å²) in [6.07, 6.45) is -4.94. The number of sulfonamides is 1. The van der Waals surface area contributed by atoms with Gasteiger partial charge in [-0.3, -0.25) is 0 Å². The second kappa shape index (κ2) is 13.2. The fourth-order valence-corrected chi connectivity index (χ4v) is 7.26. The minimum Gasteiger partial charge on any atom is -0.490 e. The second-order valence-corrected chi connectivity index (χ2v) is 13.1. The third-order valence-corrected chi connectivity index (χ3v) is 9.40. The predicted molar refractivity (Wildman–Crippen MR) is 142 cm³/mol. The van der Waals surface area contributed by atoms with Crippen LogP contribution in [0, 0.1) is 11.3 Å². The van der Waals surface area contributed by atoms with Gasteiger partial charge < -0.3 is 30.4 Å². The van der Waals surface area contributed by atoms with Gasteiger partial charge in [-0.1, -0.05) is 6.07 Å². The Morgan fingerprint density at radius 2 is 1.68 bits per heavy atom. The Bertz CT molecular complexity index is 1490. The number of rotatable bonds is 14. The van der Waals surface area contributed by atoms with Crippen molar-refractivity contribution in [3.05, 3.63) is 47.5 Å². The van der Waals surface area contributed by atoms with Crippen molar-refractivity contribution in [2.45, 2.75) is 23.2 Å². The number of nitrogens with one attached hydrogen (secondary N) is 1. The summed E-state index contributed by atoms with van der Waals surface area (Å²) in [7, 11) is -9.26. The predicted octanol–water partition coefficient (Wildman–Crippen LogP) is 3.75. The third kappa shape index (κ3) is 8.07. The Kier molecular flexibility index (Phi) is 10.4. The Morgan fingerprint density at radius 1 is 1.05 bits per heavy atom. The maximum absolute atomic E-state index is 13.2. The SMILES string of the molecule is N#Cc1c(OP(=O)(O)CNS(=O)(=O)c2cc3cc(OCCCN)c(OCCCN)cc3s2)cccc1C(F)(F)F. The first-order valence-corrected chi connectivity index (χ1v) is 15.7. The van der Waals surface area contributed by atoms with E-state index in [4.69, 9.17) is 30.7 Å². The average molecular weight is 623 g/mol. The number of hydrogen-bond acceptors (Lipinski definition) is 10. The van der Waals surface area contributed by atoms with Crippen molar-refractivity contribution < 1.29 is 45.0 Å². The van der Waals surface area contributed by atoms with Crippen LogP contribution in [0.15, 0.2) is 40.6 Å². The number of benzene rings is 2. The molecule has 2 aromatic carbocycles. The number of ether oxygens (including phenoxy) is 2. The number of halogens is 3. The van der Waals surface area contributed by atoms with Crippen molar-refractivity contribution in [2.75, 3.05) is 32.6 Å². The van der Waals surface area contributed by atoms with Crippen LogP contribution in [-0.2, 0) is 20.8 Å². The van der Waals surface area contributed by atoms with Gasteiger partial charge in [0.15, 0.2) is 11.5 Å². The molecule has 0 amide bonds. The molecule has 0 aliphatic heterocycles. The molecule has 3 rings (SSSR count). The molecule has 0 bridgehead atoms. The Hall–Kier alpha value is -2.90. The van der Waals surface area contributed by atoms with Gasteiger partial charge in [0.05, 0.1) is 18.8 Å². The summed E-state index contributed by atoms with van der Waals surface area (Å²) in [4.78, 5) is 10.2. The zero-order valence-corrected chi connectivity index (χ0v) is 23.3. The first-order chi connectivity index (χ1) is 18.8. The molecule has 6 N–H and O–H groups in total. The number of hydrogen-bond donors (Lipinski definition) is 4. The molecule has 218 valence electrons. The maximum Gasteiger partial charge on any atom is 0.417 e. The molecule has 0 radical (unpaired) electrons.